The van der Waals surface area contributed by atoms with E-state index in [4.69, 9.17) is 10.5 Å². The SMILES string of the molecule is CC(C)OCCCCNS(=O)(=O)Cc1ccc(N)cc1. The molecule has 0 saturated carbocycles. The third-order valence-electron chi connectivity index (χ3n) is 2.68. The number of rotatable bonds is 9. The van der Waals surface area contributed by atoms with Crippen LogP contribution in [-0.4, -0.2) is 27.7 Å². The molecule has 3 N–H and O–H groups in total. The molecule has 0 amide bonds. The molecule has 1 aromatic rings. The van der Waals surface area contributed by atoms with E-state index in [1.165, 1.54) is 0 Å². The van der Waals surface area contributed by atoms with Crippen molar-refractivity contribution in [1.82, 2.24) is 4.72 Å². The third-order valence-corrected chi connectivity index (χ3v) is 4.04. The van der Waals surface area contributed by atoms with Crippen molar-refractivity contribution in [2.45, 2.75) is 38.5 Å². The van der Waals surface area contributed by atoms with Crippen LogP contribution < -0.4 is 10.5 Å². The molecule has 0 aliphatic rings. The van der Waals surface area contributed by atoms with Gasteiger partial charge < -0.3 is 10.5 Å². The minimum absolute atomic E-state index is 0.0181. The Labute approximate surface area is 121 Å². The van der Waals surface area contributed by atoms with E-state index in [9.17, 15) is 8.42 Å². The van der Waals surface area contributed by atoms with E-state index >= 15 is 0 Å². The standard InChI is InChI=1S/C14H24N2O3S/c1-12(2)19-10-4-3-9-16-20(17,18)11-13-5-7-14(15)8-6-13/h5-8,12,16H,3-4,9-11,15H2,1-2H3. The summed E-state index contributed by atoms with van der Waals surface area (Å²) in [5, 5.41) is 0. The van der Waals surface area contributed by atoms with Gasteiger partial charge in [-0.25, -0.2) is 13.1 Å². The second kappa shape index (κ2) is 8.24. The van der Waals surface area contributed by atoms with Gasteiger partial charge in [0, 0.05) is 18.8 Å². The second-order valence-electron chi connectivity index (χ2n) is 5.02. The number of anilines is 1. The van der Waals surface area contributed by atoms with Crippen LogP contribution in [0.3, 0.4) is 0 Å². The van der Waals surface area contributed by atoms with Gasteiger partial charge in [-0.3, -0.25) is 0 Å². The second-order valence-corrected chi connectivity index (χ2v) is 6.83. The van der Waals surface area contributed by atoms with Crippen LogP contribution in [0.15, 0.2) is 24.3 Å². The summed E-state index contributed by atoms with van der Waals surface area (Å²) in [5.74, 6) is -0.0181. The van der Waals surface area contributed by atoms with Gasteiger partial charge in [0.2, 0.25) is 10.0 Å². The lowest BCUT2D eigenvalue weighted by Gasteiger charge is -2.09. The Morgan fingerprint density at radius 2 is 1.85 bits per heavy atom. The molecule has 5 nitrogen and oxygen atoms in total. The molecule has 0 fully saturated rings. The number of unbranched alkanes of at least 4 members (excludes halogenated alkanes) is 1. The van der Waals surface area contributed by atoms with E-state index in [-0.39, 0.29) is 11.9 Å². The monoisotopic (exact) mass is 300 g/mol. The molecule has 0 aromatic heterocycles. The minimum Gasteiger partial charge on any atom is -0.399 e. The van der Waals surface area contributed by atoms with Gasteiger partial charge in [-0.05, 0) is 44.4 Å². The number of hydrogen-bond donors (Lipinski definition) is 2. The molecule has 0 aliphatic carbocycles. The first kappa shape index (κ1) is 16.9. The molecule has 20 heavy (non-hydrogen) atoms. The number of hydrogen-bond acceptors (Lipinski definition) is 4. The Morgan fingerprint density at radius 3 is 2.45 bits per heavy atom. The number of sulfonamides is 1. The summed E-state index contributed by atoms with van der Waals surface area (Å²) in [6, 6.07) is 6.86. The molecule has 0 saturated heterocycles. The Balaban J connectivity index is 2.26. The maximum Gasteiger partial charge on any atom is 0.215 e. The van der Waals surface area contributed by atoms with Gasteiger partial charge in [0.05, 0.1) is 11.9 Å². The number of nitrogen functional groups attached to an aromatic ring is 1. The van der Waals surface area contributed by atoms with E-state index in [0.717, 1.165) is 18.4 Å². The van der Waals surface area contributed by atoms with Crippen LogP contribution >= 0.6 is 0 Å². The number of nitrogens with two attached hydrogens (primary N) is 1. The van der Waals surface area contributed by atoms with Crippen molar-refractivity contribution in [2.75, 3.05) is 18.9 Å². The molecular weight excluding hydrogens is 276 g/mol. The lowest BCUT2D eigenvalue weighted by Crippen LogP contribution is -2.26. The topological polar surface area (TPSA) is 81.4 Å². The highest BCUT2D eigenvalue weighted by atomic mass is 32.2. The predicted molar refractivity (Wildman–Crippen MR) is 81.8 cm³/mol. The molecule has 0 bridgehead atoms. The van der Waals surface area contributed by atoms with Gasteiger partial charge in [-0.1, -0.05) is 12.1 Å². The smallest absolute Gasteiger partial charge is 0.215 e. The lowest BCUT2D eigenvalue weighted by atomic mass is 10.2. The van der Waals surface area contributed by atoms with E-state index in [1.807, 2.05) is 13.8 Å². The maximum absolute atomic E-state index is 11.9. The van der Waals surface area contributed by atoms with Crippen molar-refractivity contribution < 1.29 is 13.2 Å². The van der Waals surface area contributed by atoms with Gasteiger partial charge in [-0.15, -0.1) is 0 Å². The van der Waals surface area contributed by atoms with Crippen LogP contribution in [0, 0.1) is 0 Å². The highest BCUT2D eigenvalue weighted by Gasteiger charge is 2.10. The summed E-state index contributed by atoms with van der Waals surface area (Å²) >= 11 is 0. The average Bonchev–Trinajstić information content (AvgIpc) is 2.36. The minimum atomic E-state index is -3.28. The van der Waals surface area contributed by atoms with Crippen LogP contribution in [0.4, 0.5) is 5.69 Å². The molecular formula is C14H24N2O3S. The van der Waals surface area contributed by atoms with E-state index < -0.39 is 10.0 Å². The highest BCUT2D eigenvalue weighted by molar-refractivity contribution is 7.88. The van der Waals surface area contributed by atoms with Gasteiger partial charge in [-0.2, -0.15) is 0 Å². The molecule has 1 aromatic carbocycles. The zero-order valence-corrected chi connectivity index (χ0v) is 12.9. The summed E-state index contributed by atoms with van der Waals surface area (Å²) in [6.45, 7) is 5.07. The van der Waals surface area contributed by atoms with Crippen LogP contribution in [0.2, 0.25) is 0 Å². The van der Waals surface area contributed by atoms with Gasteiger partial charge >= 0.3 is 0 Å². The highest BCUT2D eigenvalue weighted by Crippen LogP contribution is 2.08. The van der Waals surface area contributed by atoms with Gasteiger partial charge in [0.1, 0.15) is 0 Å². The summed E-state index contributed by atoms with van der Waals surface area (Å²) < 4.78 is 31.7. The number of ether oxygens (including phenoxy) is 1. The normalized spacial score (nSPS) is 11.9. The Hall–Kier alpha value is -1.11. The first-order valence-electron chi connectivity index (χ1n) is 6.82. The first-order chi connectivity index (χ1) is 9.39. The average molecular weight is 300 g/mol. The van der Waals surface area contributed by atoms with Gasteiger partial charge in [0.25, 0.3) is 0 Å². The zero-order chi connectivity index (χ0) is 15.0. The molecule has 0 radical (unpaired) electrons. The third kappa shape index (κ3) is 7.47. The van der Waals surface area contributed by atoms with Crippen molar-refractivity contribution >= 4 is 15.7 Å². The zero-order valence-electron chi connectivity index (χ0n) is 12.1. The Morgan fingerprint density at radius 1 is 1.20 bits per heavy atom. The number of nitrogens with one attached hydrogen (secondary N) is 1. The molecule has 0 aliphatic heterocycles. The molecule has 114 valence electrons. The molecule has 1 rings (SSSR count). The summed E-state index contributed by atoms with van der Waals surface area (Å²) in [7, 11) is -3.28. The summed E-state index contributed by atoms with van der Waals surface area (Å²) in [4.78, 5) is 0. The molecule has 0 unspecified atom stereocenters. The predicted octanol–water partition coefficient (Wildman–Crippen LogP) is 1.89. The lowest BCUT2D eigenvalue weighted by molar-refractivity contribution is 0.0762. The van der Waals surface area contributed by atoms with Crippen LogP contribution in [-0.2, 0) is 20.5 Å². The Bertz CT molecular complexity index is 484. The fourth-order valence-corrected chi connectivity index (χ4v) is 2.85. The Kier molecular flexibility index (Phi) is 6.98. The molecule has 0 atom stereocenters. The van der Waals surface area contributed by atoms with Crippen molar-refractivity contribution in [3.05, 3.63) is 29.8 Å². The quantitative estimate of drug-likeness (QED) is 0.539. The van der Waals surface area contributed by atoms with Crippen LogP contribution in [0.5, 0.6) is 0 Å². The maximum atomic E-state index is 11.9. The van der Waals surface area contributed by atoms with E-state index in [0.29, 0.717) is 18.8 Å². The first-order valence-corrected chi connectivity index (χ1v) is 8.47. The molecule has 0 spiro atoms. The van der Waals surface area contributed by atoms with Crippen molar-refractivity contribution in [3.63, 3.8) is 0 Å². The van der Waals surface area contributed by atoms with E-state index in [1.54, 1.807) is 24.3 Å². The van der Waals surface area contributed by atoms with Crippen molar-refractivity contribution in [2.24, 2.45) is 0 Å². The van der Waals surface area contributed by atoms with Crippen LogP contribution in [0.25, 0.3) is 0 Å². The van der Waals surface area contributed by atoms with Crippen LogP contribution in [0.1, 0.15) is 32.3 Å². The fourth-order valence-electron chi connectivity index (χ4n) is 1.66. The van der Waals surface area contributed by atoms with E-state index in [2.05, 4.69) is 4.72 Å². The number of benzene rings is 1. The fraction of sp³-hybridized carbons (Fsp3) is 0.571. The van der Waals surface area contributed by atoms with Crippen molar-refractivity contribution in [3.8, 4) is 0 Å². The van der Waals surface area contributed by atoms with Gasteiger partial charge in [0.15, 0.2) is 0 Å². The molecule has 0 heterocycles. The summed E-state index contributed by atoms with van der Waals surface area (Å²) in [6.07, 6.45) is 1.84. The summed E-state index contributed by atoms with van der Waals surface area (Å²) in [5.41, 5.74) is 6.92. The largest absolute Gasteiger partial charge is 0.399 e. The van der Waals surface area contributed by atoms with Crippen molar-refractivity contribution in [1.29, 1.82) is 0 Å². The molecule has 6 heteroatoms.